The summed E-state index contributed by atoms with van der Waals surface area (Å²) in [6.07, 6.45) is 0. The van der Waals surface area contributed by atoms with Crippen molar-refractivity contribution in [3.63, 3.8) is 0 Å². The molecule has 0 saturated heterocycles. The molecule has 0 bridgehead atoms. The predicted molar refractivity (Wildman–Crippen MR) is 110 cm³/mol. The highest BCUT2D eigenvalue weighted by atomic mass is 16.6. The summed E-state index contributed by atoms with van der Waals surface area (Å²) in [5, 5.41) is 17.9. The van der Waals surface area contributed by atoms with Gasteiger partial charge in [-0.05, 0) is 63.1 Å². The molecule has 9 heteroatoms. The molecule has 30 heavy (non-hydrogen) atoms. The van der Waals surface area contributed by atoms with Gasteiger partial charge in [0.1, 0.15) is 29.5 Å². The van der Waals surface area contributed by atoms with Crippen molar-refractivity contribution in [3.05, 3.63) is 74.5 Å². The van der Waals surface area contributed by atoms with Crippen LogP contribution in [0.3, 0.4) is 0 Å². The molecule has 2 heterocycles. The fourth-order valence-electron chi connectivity index (χ4n) is 3.28. The molecule has 9 nitrogen and oxygen atoms in total. The Morgan fingerprint density at radius 1 is 1.20 bits per heavy atom. The molecule has 0 aliphatic carbocycles. The van der Waals surface area contributed by atoms with Gasteiger partial charge < -0.3 is 14.5 Å². The van der Waals surface area contributed by atoms with Crippen LogP contribution in [0.2, 0.25) is 0 Å². The van der Waals surface area contributed by atoms with Crippen LogP contribution in [-0.2, 0) is 13.2 Å². The third kappa shape index (κ3) is 4.86. The topological polar surface area (TPSA) is 112 Å². The first-order chi connectivity index (χ1) is 14.2. The highest BCUT2D eigenvalue weighted by Gasteiger charge is 2.21. The van der Waals surface area contributed by atoms with Gasteiger partial charge >= 0.3 is 5.69 Å². The Balaban J connectivity index is 1.53. The normalized spacial score (nSPS) is 10.8. The Hall–Kier alpha value is -3.62. The van der Waals surface area contributed by atoms with Crippen molar-refractivity contribution >= 4 is 11.6 Å². The molecule has 0 atom stereocenters. The van der Waals surface area contributed by atoms with Gasteiger partial charge in [0.05, 0.1) is 11.5 Å². The van der Waals surface area contributed by atoms with Crippen LogP contribution >= 0.6 is 0 Å². The number of hydrogen-bond donors (Lipinski definition) is 1. The minimum atomic E-state index is -0.447. The van der Waals surface area contributed by atoms with Gasteiger partial charge in [-0.25, -0.2) is 0 Å². The molecule has 1 N–H and O–H groups in total. The van der Waals surface area contributed by atoms with Gasteiger partial charge in [0.2, 0.25) is 0 Å². The third-order valence-electron chi connectivity index (χ3n) is 4.60. The molecule has 0 radical (unpaired) electrons. The number of aromatic nitrogens is 2. The molecule has 3 rings (SSSR count). The lowest BCUT2D eigenvalue weighted by atomic mass is 10.1. The monoisotopic (exact) mass is 412 g/mol. The quantitative estimate of drug-likeness (QED) is 0.447. The molecule has 0 aliphatic rings. The molecular formula is C21H24N4O5. The Bertz CT molecular complexity index is 1060. The zero-order chi connectivity index (χ0) is 21.8. The molecular weight excluding hydrogens is 388 g/mol. The molecule has 158 valence electrons. The summed E-state index contributed by atoms with van der Waals surface area (Å²) in [6.45, 7) is 8.01. The average Bonchev–Trinajstić information content (AvgIpc) is 3.24. The van der Waals surface area contributed by atoms with Crippen molar-refractivity contribution in [2.75, 3.05) is 6.54 Å². The van der Waals surface area contributed by atoms with Crippen LogP contribution in [0.5, 0.6) is 5.75 Å². The van der Waals surface area contributed by atoms with Crippen molar-refractivity contribution in [2.45, 2.75) is 40.8 Å². The van der Waals surface area contributed by atoms with E-state index in [0.29, 0.717) is 23.7 Å². The Kier molecular flexibility index (Phi) is 6.20. The van der Waals surface area contributed by atoms with Crippen LogP contribution in [0.1, 0.15) is 38.8 Å². The summed E-state index contributed by atoms with van der Waals surface area (Å²) >= 11 is 0. The summed E-state index contributed by atoms with van der Waals surface area (Å²) in [4.78, 5) is 22.9. The maximum absolute atomic E-state index is 12.3. The summed E-state index contributed by atoms with van der Waals surface area (Å²) < 4.78 is 12.8. The van der Waals surface area contributed by atoms with E-state index < -0.39 is 4.92 Å². The molecule has 2 aromatic heterocycles. The van der Waals surface area contributed by atoms with E-state index in [9.17, 15) is 14.9 Å². The van der Waals surface area contributed by atoms with Crippen LogP contribution in [0, 0.1) is 37.8 Å². The number of carbonyl (C=O) groups is 1. The van der Waals surface area contributed by atoms with E-state index >= 15 is 0 Å². The predicted octanol–water partition coefficient (Wildman–Crippen LogP) is 3.63. The second-order valence-corrected chi connectivity index (χ2v) is 7.13. The van der Waals surface area contributed by atoms with Gasteiger partial charge in [-0.1, -0.05) is 6.07 Å². The molecule has 0 aliphatic heterocycles. The van der Waals surface area contributed by atoms with Crippen molar-refractivity contribution in [1.82, 2.24) is 15.1 Å². The molecule has 1 amide bonds. The first kappa shape index (κ1) is 21.1. The van der Waals surface area contributed by atoms with Crippen LogP contribution in [-0.4, -0.2) is 27.2 Å². The van der Waals surface area contributed by atoms with E-state index in [1.807, 2.05) is 26.0 Å². The largest absolute Gasteiger partial charge is 0.486 e. The first-order valence-electron chi connectivity index (χ1n) is 9.51. The van der Waals surface area contributed by atoms with Gasteiger partial charge in [-0.2, -0.15) is 5.10 Å². The zero-order valence-corrected chi connectivity index (χ0v) is 17.4. The van der Waals surface area contributed by atoms with Crippen LogP contribution in [0.15, 0.2) is 34.7 Å². The number of carbonyl (C=O) groups excluding carboxylic acids is 1. The standard InChI is InChI=1S/C21H24N4O5/c1-13-9-14(2)11-18(10-13)29-12-17-5-6-19(30-17)21(26)22-7-8-24-16(4)20(25(27)28)15(3)23-24/h5-6,9-11H,7-8,12H2,1-4H3,(H,22,26). The highest BCUT2D eigenvalue weighted by Crippen LogP contribution is 2.21. The van der Waals surface area contributed by atoms with Gasteiger partial charge in [0.15, 0.2) is 5.76 Å². The smallest absolute Gasteiger partial charge is 0.312 e. The first-order valence-corrected chi connectivity index (χ1v) is 9.51. The van der Waals surface area contributed by atoms with Crippen molar-refractivity contribution in [1.29, 1.82) is 0 Å². The van der Waals surface area contributed by atoms with E-state index in [2.05, 4.69) is 16.5 Å². The van der Waals surface area contributed by atoms with E-state index in [4.69, 9.17) is 9.15 Å². The number of rotatable bonds is 8. The number of benzene rings is 1. The fourth-order valence-corrected chi connectivity index (χ4v) is 3.28. The maximum Gasteiger partial charge on any atom is 0.312 e. The Labute approximate surface area is 173 Å². The SMILES string of the molecule is Cc1cc(C)cc(OCc2ccc(C(=O)NCCn3nc(C)c([N+](=O)[O-])c3C)o2)c1. The van der Waals surface area contributed by atoms with Gasteiger partial charge in [0, 0.05) is 6.54 Å². The van der Waals surface area contributed by atoms with E-state index in [-0.39, 0.29) is 30.5 Å². The number of ether oxygens (including phenoxy) is 1. The number of furan rings is 1. The molecule has 0 spiro atoms. The molecule has 0 fully saturated rings. The van der Waals surface area contributed by atoms with Crippen LogP contribution in [0.4, 0.5) is 5.69 Å². The van der Waals surface area contributed by atoms with Crippen LogP contribution < -0.4 is 10.1 Å². The van der Waals surface area contributed by atoms with E-state index in [1.54, 1.807) is 26.0 Å². The third-order valence-corrected chi connectivity index (χ3v) is 4.60. The number of hydrogen-bond acceptors (Lipinski definition) is 6. The molecule has 3 aromatic rings. The minimum Gasteiger partial charge on any atom is -0.486 e. The number of nitro groups is 1. The van der Waals surface area contributed by atoms with Gasteiger partial charge in [-0.3, -0.25) is 19.6 Å². The zero-order valence-electron chi connectivity index (χ0n) is 17.4. The summed E-state index contributed by atoms with van der Waals surface area (Å²) in [5.74, 6) is 1.08. The highest BCUT2D eigenvalue weighted by molar-refractivity contribution is 5.91. The van der Waals surface area contributed by atoms with Gasteiger partial charge in [-0.15, -0.1) is 0 Å². The number of nitrogens with one attached hydrogen (secondary N) is 1. The summed E-state index contributed by atoms with van der Waals surface area (Å²) in [5.41, 5.74) is 3.02. The van der Waals surface area contributed by atoms with Crippen molar-refractivity contribution < 1.29 is 18.9 Å². The lowest BCUT2D eigenvalue weighted by Gasteiger charge is -2.07. The van der Waals surface area contributed by atoms with Crippen molar-refractivity contribution in [2.24, 2.45) is 0 Å². The summed E-state index contributed by atoms with van der Waals surface area (Å²) in [6, 6.07) is 9.22. The second kappa shape index (κ2) is 8.81. The van der Waals surface area contributed by atoms with Gasteiger partial charge in [0.25, 0.3) is 5.91 Å². The second-order valence-electron chi connectivity index (χ2n) is 7.13. The summed E-state index contributed by atoms with van der Waals surface area (Å²) in [7, 11) is 0. The Morgan fingerprint density at radius 3 is 2.53 bits per heavy atom. The minimum absolute atomic E-state index is 0.000747. The number of amides is 1. The van der Waals surface area contributed by atoms with Crippen LogP contribution in [0.25, 0.3) is 0 Å². The molecule has 0 saturated carbocycles. The molecule has 1 aromatic carbocycles. The lowest BCUT2D eigenvalue weighted by molar-refractivity contribution is -0.386. The maximum atomic E-state index is 12.3. The fraction of sp³-hybridized carbons (Fsp3) is 0.333. The van der Waals surface area contributed by atoms with E-state index in [0.717, 1.165) is 16.9 Å². The lowest BCUT2D eigenvalue weighted by Crippen LogP contribution is -2.27. The Morgan fingerprint density at radius 2 is 1.90 bits per heavy atom. The van der Waals surface area contributed by atoms with E-state index in [1.165, 1.54) is 4.68 Å². The molecule has 0 unspecified atom stereocenters. The number of nitrogens with zero attached hydrogens (tertiary/aromatic N) is 3. The van der Waals surface area contributed by atoms with Crippen molar-refractivity contribution in [3.8, 4) is 5.75 Å². The number of aryl methyl sites for hydroxylation is 3. The average molecular weight is 412 g/mol.